The molecule has 1 aliphatic carbocycles. The number of aliphatic hydroxyl groups excluding tert-OH is 1. The number of aryl methyl sites for hydroxylation is 2. The van der Waals surface area contributed by atoms with Gasteiger partial charge in [0.15, 0.2) is 0 Å². The van der Waals surface area contributed by atoms with E-state index in [1.807, 2.05) is 12.1 Å². The number of hydrogen-bond acceptors (Lipinski definition) is 1. The van der Waals surface area contributed by atoms with Crippen LogP contribution in [0.3, 0.4) is 0 Å². The van der Waals surface area contributed by atoms with Gasteiger partial charge in [0, 0.05) is 0 Å². The Morgan fingerprint density at radius 1 is 1.05 bits per heavy atom. The van der Waals surface area contributed by atoms with Gasteiger partial charge in [-0.15, -0.1) is 0 Å². The van der Waals surface area contributed by atoms with E-state index in [2.05, 4.69) is 44.2 Å². The van der Waals surface area contributed by atoms with Crippen molar-refractivity contribution in [3.63, 3.8) is 0 Å². The van der Waals surface area contributed by atoms with E-state index in [1.54, 1.807) is 0 Å². The molecule has 1 aliphatic rings. The van der Waals surface area contributed by atoms with Crippen LogP contribution in [0.25, 0.3) is 0 Å². The summed E-state index contributed by atoms with van der Waals surface area (Å²) in [4.78, 5) is 0. The van der Waals surface area contributed by atoms with Gasteiger partial charge >= 0.3 is 0 Å². The third kappa shape index (κ3) is 2.51. The monoisotopic (exact) mass is 266 g/mol. The van der Waals surface area contributed by atoms with Crippen LogP contribution in [-0.4, -0.2) is 5.11 Å². The lowest BCUT2D eigenvalue weighted by Crippen LogP contribution is -2.10. The normalized spacial score (nSPS) is 16.8. The van der Waals surface area contributed by atoms with Crippen molar-refractivity contribution in [2.24, 2.45) is 0 Å². The first kappa shape index (κ1) is 13.4. The Balaban J connectivity index is 1.91. The molecule has 3 rings (SSSR count). The number of benzene rings is 2. The zero-order chi connectivity index (χ0) is 14.1. The van der Waals surface area contributed by atoms with Crippen LogP contribution in [0.4, 0.5) is 0 Å². The van der Waals surface area contributed by atoms with Crippen LogP contribution in [0.2, 0.25) is 0 Å². The van der Waals surface area contributed by atoms with Gasteiger partial charge < -0.3 is 5.11 Å². The van der Waals surface area contributed by atoms with Gasteiger partial charge in [-0.2, -0.15) is 0 Å². The summed E-state index contributed by atoms with van der Waals surface area (Å²) < 4.78 is 0. The Morgan fingerprint density at radius 3 is 2.50 bits per heavy atom. The SMILES string of the molecule is Cc1ccc(C(O)c2cccc(C3CCC3)c2)c(C)c1. The summed E-state index contributed by atoms with van der Waals surface area (Å²) in [5.41, 5.74) is 5.81. The zero-order valence-corrected chi connectivity index (χ0v) is 12.3. The molecule has 2 aromatic carbocycles. The second-order valence-electron chi connectivity index (χ2n) is 6.06. The summed E-state index contributed by atoms with van der Waals surface area (Å²) in [6.45, 7) is 4.15. The van der Waals surface area contributed by atoms with Gasteiger partial charge in [0.1, 0.15) is 6.10 Å². The van der Waals surface area contributed by atoms with Gasteiger partial charge in [-0.3, -0.25) is 0 Å². The fourth-order valence-corrected chi connectivity index (χ4v) is 3.04. The zero-order valence-electron chi connectivity index (χ0n) is 12.3. The number of hydrogen-bond donors (Lipinski definition) is 1. The smallest absolute Gasteiger partial charge is 0.104 e. The van der Waals surface area contributed by atoms with Crippen LogP contribution in [0.5, 0.6) is 0 Å². The second kappa shape index (κ2) is 5.41. The molecule has 0 radical (unpaired) electrons. The van der Waals surface area contributed by atoms with Gasteiger partial charge in [0.2, 0.25) is 0 Å². The molecule has 104 valence electrons. The van der Waals surface area contributed by atoms with E-state index < -0.39 is 6.10 Å². The summed E-state index contributed by atoms with van der Waals surface area (Å²) in [6.07, 6.45) is 3.41. The van der Waals surface area contributed by atoms with E-state index in [0.717, 1.165) is 16.7 Å². The molecule has 0 aromatic heterocycles. The number of aliphatic hydroxyl groups is 1. The predicted molar refractivity (Wildman–Crippen MR) is 83.0 cm³/mol. The quantitative estimate of drug-likeness (QED) is 0.857. The first-order chi connectivity index (χ1) is 9.65. The molecule has 1 atom stereocenters. The molecule has 1 N–H and O–H groups in total. The minimum absolute atomic E-state index is 0.518. The molecule has 1 fully saturated rings. The van der Waals surface area contributed by atoms with Crippen LogP contribution >= 0.6 is 0 Å². The van der Waals surface area contributed by atoms with Crippen LogP contribution in [0, 0.1) is 13.8 Å². The molecule has 1 unspecified atom stereocenters. The summed E-state index contributed by atoms with van der Waals surface area (Å²) >= 11 is 0. The maximum atomic E-state index is 10.7. The Kier molecular flexibility index (Phi) is 3.62. The van der Waals surface area contributed by atoms with Crippen LogP contribution < -0.4 is 0 Å². The highest BCUT2D eigenvalue weighted by molar-refractivity contribution is 5.39. The lowest BCUT2D eigenvalue weighted by molar-refractivity contribution is 0.219. The summed E-state index contributed by atoms with van der Waals surface area (Å²) in [6, 6.07) is 14.7. The molecule has 1 heteroatoms. The molecular weight excluding hydrogens is 244 g/mol. The van der Waals surface area contributed by atoms with Crippen LogP contribution in [0.15, 0.2) is 42.5 Å². The fraction of sp³-hybridized carbons (Fsp3) is 0.368. The van der Waals surface area contributed by atoms with Crippen LogP contribution in [-0.2, 0) is 0 Å². The Morgan fingerprint density at radius 2 is 1.85 bits per heavy atom. The lowest BCUT2D eigenvalue weighted by Gasteiger charge is -2.26. The van der Waals surface area contributed by atoms with E-state index in [1.165, 1.54) is 30.4 Å². The highest BCUT2D eigenvalue weighted by Gasteiger charge is 2.21. The second-order valence-corrected chi connectivity index (χ2v) is 6.06. The molecule has 1 nitrogen and oxygen atoms in total. The molecule has 1 saturated carbocycles. The third-order valence-corrected chi connectivity index (χ3v) is 4.52. The van der Waals surface area contributed by atoms with E-state index >= 15 is 0 Å². The van der Waals surface area contributed by atoms with Gasteiger partial charge in [0.05, 0.1) is 0 Å². The standard InChI is InChI=1S/C19H22O/c1-13-9-10-18(14(2)11-13)19(20)17-8-4-7-16(12-17)15-5-3-6-15/h4,7-12,15,19-20H,3,5-6H2,1-2H3. The molecule has 0 amide bonds. The Labute approximate surface area is 121 Å². The Bertz CT molecular complexity index is 611. The molecule has 20 heavy (non-hydrogen) atoms. The molecular formula is C19H22O. The van der Waals surface area contributed by atoms with Crippen molar-refractivity contribution in [2.75, 3.05) is 0 Å². The Hall–Kier alpha value is -1.60. The van der Waals surface area contributed by atoms with Crippen molar-refractivity contribution in [3.8, 4) is 0 Å². The highest BCUT2D eigenvalue weighted by Crippen LogP contribution is 2.37. The van der Waals surface area contributed by atoms with Gasteiger partial charge in [0.25, 0.3) is 0 Å². The molecule has 2 aromatic rings. The van der Waals surface area contributed by atoms with E-state index in [9.17, 15) is 5.11 Å². The van der Waals surface area contributed by atoms with Crippen molar-refractivity contribution < 1.29 is 5.11 Å². The van der Waals surface area contributed by atoms with Crippen molar-refractivity contribution in [1.29, 1.82) is 0 Å². The summed E-state index contributed by atoms with van der Waals surface area (Å²) in [7, 11) is 0. The highest BCUT2D eigenvalue weighted by atomic mass is 16.3. The lowest BCUT2D eigenvalue weighted by atomic mass is 9.79. The molecule has 0 aliphatic heterocycles. The summed E-state index contributed by atoms with van der Waals surface area (Å²) in [5.74, 6) is 0.710. The fourth-order valence-electron chi connectivity index (χ4n) is 3.04. The van der Waals surface area contributed by atoms with Crippen molar-refractivity contribution in [3.05, 3.63) is 70.3 Å². The topological polar surface area (TPSA) is 20.2 Å². The molecule has 0 bridgehead atoms. The molecule has 0 spiro atoms. The van der Waals surface area contributed by atoms with Crippen molar-refractivity contribution >= 4 is 0 Å². The maximum Gasteiger partial charge on any atom is 0.104 e. The van der Waals surface area contributed by atoms with Gasteiger partial charge in [-0.25, -0.2) is 0 Å². The first-order valence-corrected chi connectivity index (χ1v) is 7.50. The summed E-state index contributed by atoms with van der Waals surface area (Å²) in [5, 5.41) is 10.7. The van der Waals surface area contributed by atoms with Crippen molar-refractivity contribution in [2.45, 2.75) is 45.1 Å². The van der Waals surface area contributed by atoms with Crippen molar-refractivity contribution in [1.82, 2.24) is 0 Å². The average Bonchev–Trinajstić information content (AvgIpc) is 2.36. The molecule has 0 heterocycles. The van der Waals surface area contributed by atoms with Crippen LogP contribution in [0.1, 0.15) is 59.1 Å². The van der Waals surface area contributed by atoms with Gasteiger partial charge in [-0.05, 0) is 54.9 Å². The average molecular weight is 266 g/mol. The van der Waals surface area contributed by atoms with E-state index in [0.29, 0.717) is 5.92 Å². The van der Waals surface area contributed by atoms with Gasteiger partial charge in [-0.1, -0.05) is 54.4 Å². The minimum Gasteiger partial charge on any atom is -0.384 e. The molecule has 0 saturated heterocycles. The number of rotatable bonds is 3. The third-order valence-electron chi connectivity index (χ3n) is 4.52. The maximum absolute atomic E-state index is 10.7. The van der Waals surface area contributed by atoms with E-state index in [-0.39, 0.29) is 0 Å². The predicted octanol–water partition coefficient (Wildman–Crippen LogP) is 4.65. The minimum atomic E-state index is -0.518. The largest absolute Gasteiger partial charge is 0.384 e. The first-order valence-electron chi connectivity index (χ1n) is 7.50. The van der Waals surface area contributed by atoms with E-state index in [4.69, 9.17) is 0 Å².